The highest BCUT2D eigenvalue weighted by Gasteiger charge is 2.15. The second kappa shape index (κ2) is 7.19. The van der Waals surface area contributed by atoms with Gasteiger partial charge in [-0.1, -0.05) is 24.3 Å². The minimum absolute atomic E-state index is 0.110. The number of rotatable bonds is 6. The number of amides is 1. The average molecular weight is 287 g/mol. The molecule has 0 aromatic heterocycles. The Morgan fingerprint density at radius 3 is 2.33 bits per heavy atom. The standard InChI is InChI=1S/C16H17NO4/c18-13-8-4-9-14(19)15(13)16(20)17-10-5-11-21-12-6-2-1-3-7-12/h1-4,6-9,18-19H,5,10-11H2,(H,17,20). The molecule has 5 heteroatoms. The fourth-order valence-corrected chi connectivity index (χ4v) is 1.83. The molecule has 0 aliphatic carbocycles. The Morgan fingerprint density at radius 1 is 1.00 bits per heavy atom. The molecule has 0 saturated heterocycles. The zero-order chi connectivity index (χ0) is 15.1. The highest BCUT2D eigenvalue weighted by Crippen LogP contribution is 2.25. The topological polar surface area (TPSA) is 78.8 Å². The van der Waals surface area contributed by atoms with Crippen molar-refractivity contribution in [2.75, 3.05) is 13.2 Å². The van der Waals surface area contributed by atoms with Crippen LogP contribution in [0, 0.1) is 0 Å². The summed E-state index contributed by atoms with van der Waals surface area (Å²) in [5, 5.41) is 21.8. The number of ether oxygens (including phenoxy) is 1. The van der Waals surface area contributed by atoms with Gasteiger partial charge >= 0.3 is 0 Å². The zero-order valence-electron chi connectivity index (χ0n) is 11.5. The first-order valence-electron chi connectivity index (χ1n) is 6.65. The lowest BCUT2D eigenvalue weighted by Crippen LogP contribution is -2.25. The number of hydrogen-bond acceptors (Lipinski definition) is 4. The second-order valence-electron chi connectivity index (χ2n) is 4.44. The normalized spacial score (nSPS) is 10.1. The van der Waals surface area contributed by atoms with Gasteiger partial charge in [-0.2, -0.15) is 0 Å². The SMILES string of the molecule is O=C(NCCCOc1ccccc1)c1c(O)cccc1O. The van der Waals surface area contributed by atoms with E-state index in [-0.39, 0.29) is 17.1 Å². The van der Waals surface area contributed by atoms with Gasteiger partial charge in [-0.15, -0.1) is 0 Å². The van der Waals surface area contributed by atoms with E-state index in [1.54, 1.807) is 0 Å². The molecule has 2 aromatic rings. The lowest BCUT2D eigenvalue weighted by molar-refractivity contribution is 0.0946. The third kappa shape index (κ3) is 4.14. The Bertz CT molecular complexity index is 578. The molecule has 0 radical (unpaired) electrons. The van der Waals surface area contributed by atoms with Crippen LogP contribution < -0.4 is 10.1 Å². The van der Waals surface area contributed by atoms with Gasteiger partial charge in [0.25, 0.3) is 5.91 Å². The molecular formula is C16H17NO4. The smallest absolute Gasteiger partial charge is 0.258 e. The van der Waals surface area contributed by atoms with Crippen molar-refractivity contribution in [1.29, 1.82) is 0 Å². The van der Waals surface area contributed by atoms with Crippen LogP contribution in [0.25, 0.3) is 0 Å². The van der Waals surface area contributed by atoms with E-state index in [0.29, 0.717) is 19.6 Å². The number of aromatic hydroxyl groups is 2. The van der Waals surface area contributed by atoms with Crippen LogP contribution in [0.4, 0.5) is 0 Å². The molecule has 0 aliphatic rings. The predicted molar refractivity (Wildman–Crippen MR) is 78.7 cm³/mol. The summed E-state index contributed by atoms with van der Waals surface area (Å²) in [6.07, 6.45) is 0.620. The van der Waals surface area contributed by atoms with Crippen LogP contribution in [0.3, 0.4) is 0 Å². The maximum absolute atomic E-state index is 11.8. The van der Waals surface area contributed by atoms with Gasteiger partial charge in [0, 0.05) is 6.54 Å². The second-order valence-corrected chi connectivity index (χ2v) is 4.44. The summed E-state index contributed by atoms with van der Waals surface area (Å²) in [6, 6.07) is 13.6. The Hall–Kier alpha value is -2.69. The van der Waals surface area contributed by atoms with Crippen LogP contribution in [0.1, 0.15) is 16.8 Å². The summed E-state index contributed by atoms with van der Waals surface area (Å²) in [5.41, 5.74) is -0.110. The molecule has 0 atom stereocenters. The first-order valence-corrected chi connectivity index (χ1v) is 6.65. The first kappa shape index (κ1) is 14.7. The Balaban J connectivity index is 1.75. The third-order valence-electron chi connectivity index (χ3n) is 2.87. The van der Waals surface area contributed by atoms with E-state index < -0.39 is 5.91 Å². The number of carbonyl (C=O) groups is 1. The van der Waals surface area contributed by atoms with Crippen LogP contribution in [0.5, 0.6) is 17.2 Å². The molecule has 5 nitrogen and oxygen atoms in total. The molecule has 1 amide bonds. The zero-order valence-corrected chi connectivity index (χ0v) is 11.5. The summed E-state index contributed by atoms with van der Waals surface area (Å²) >= 11 is 0. The summed E-state index contributed by atoms with van der Waals surface area (Å²) < 4.78 is 5.49. The molecule has 0 spiro atoms. The van der Waals surface area contributed by atoms with Gasteiger partial charge in [-0.05, 0) is 30.7 Å². The molecule has 110 valence electrons. The molecular weight excluding hydrogens is 270 g/mol. The van der Waals surface area contributed by atoms with Gasteiger partial charge < -0.3 is 20.3 Å². The number of phenolic OH excluding ortho intramolecular Hbond substituents is 2. The largest absolute Gasteiger partial charge is 0.507 e. The van der Waals surface area contributed by atoms with Gasteiger partial charge in [0.05, 0.1) is 6.61 Å². The summed E-state index contributed by atoms with van der Waals surface area (Å²) in [4.78, 5) is 11.8. The van der Waals surface area contributed by atoms with Crippen molar-refractivity contribution in [1.82, 2.24) is 5.32 Å². The number of carbonyl (C=O) groups excluding carboxylic acids is 1. The lowest BCUT2D eigenvalue weighted by Gasteiger charge is -2.09. The Labute approximate surface area is 122 Å². The fourth-order valence-electron chi connectivity index (χ4n) is 1.83. The van der Waals surface area contributed by atoms with E-state index in [4.69, 9.17) is 4.74 Å². The van der Waals surface area contributed by atoms with Gasteiger partial charge in [-0.3, -0.25) is 4.79 Å². The van der Waals surface area contributed by atoms with Crippen molar-refractivity contribution < 1.29 is 19.7 Å². The van der Waals surface area contributed by atoms with Crippen molar-refractivity contribution in [3.8, 4) is 17.2 Å². The quantitative estimate of drug-likeness (QED) is 0.712. The fraction of sp³-hybridized carbons (Fsp3) is 0.188. The molecule has 0 bridgehead atoms. The van der Waals surface area contributed by atoms with Crippen LogP contribution in [0.15, 0.2) is 48.5 Å². The summed E-state index contributed by atoms with van der Waals surface area (Å²) in [5.74, 6) is -0.214. The van der Waals surface area contributed by atoms with E-state index in [2.05, 4.69) is 5.32 Å². The minimum atomic E-state index is -0.509. The maximum atomic E-state index is 11.8. The molecule has 0 aliphatic heterocycles. The van der Waals surface area contributed by atoms with Crippen molar-refractivity contribution >= 4 is 5.91 Å². The number of para-hydroxylation sites is 1. The maximum Gasteiger partial charge on any atom is 0.258 e. The molecule has 21 heavy (non-hydrogen) atoms. The van der Waals surface area contributed by atoms with Crippen molar-refractivity contribution in [3.63, 3.8) is 0 Å². The van der Waals surface area contributed by atoms with E-state index in [0.717, 1.165) is 5.75 Å². The monoisotopic (exact) mass is 287 g/mol. The first-order chi connectivity index (χ1) is 10.2. The number of phenols is 2. The lowest BCUT2D eigenvalue weighted by atomic mass is 10.1. The minimum Gasteiger partial charge on any atom is -0.507 e. The molecule has 0 fully saturated rings. The van der Waals surface area contributed by atoms with E-state index in [9.17, 15) is 15.0 Å². The van der Waals surface area contributed by atoms with Gasteiger partial charge in [-0.25, -0.2) is 0 Å². The third-order valence-corrected chi connectivity index (χ3v) is 2.87. The van der Waals surface area contributed by atoms with Gasteiger partial charge in [0.15, 0.2) is 0 Å². The van der Waals surface area contributed by atoms with Crippen molar-refractivity contribution in [2.45, 2.75) is 6.42 Å². The Morgan fingerprint density at radius 2 is 1.67 bits per heavy atom. The van der Waals surface area contributed by atoms with Crippen molar-refractivity contribution in [2.24, 2.45) is 0 Å². The highest BCUT2D eigenvalue weighted by atomic mass is 16.5. The van der Waals surface area contributed by atoms with Crippen molar-refractivity contribution in [3.05, 3.63) is 54.1 Å². The molecule has 0 unspecified atom stereocenters. The average Bonchev–Trinajstić information content (AvgIpc) is 2.48. The molecule has 0 heterocycles. The van der Waals surface area contributed by atoms with Gasteiger partial charge in [0.2, 0.25) is 0 Å². The van der Waals surface area contributed by atoms with Crippen LogP contribution in [0.2, 0.25) is 0 Å². The van der Waals surface area contributed by atoms with E-state index >= 15 is 0 Å². The summed E-state index contributed by atoms with van der Waals surface area (Å²) in [6.45, 7) is 0.858. The number of benzene rings is 2. The molecule has 0 saturated carbocycles. The predicted octanol–water partition coefficient (Wildman–Crippen LogP) is 2.30. The Kier molecular flexibility index (Phi) is 5.04. The van der Waals surface area contributed by atoms with Crippen LogP contribution in [-0.4, -0.2) is 29.3 Å². The molecule has 2 aromatic carbocycles. The van der Waals surface area contributed by atoms with E-state index in [1.807, 2.05) is 30.3 Å². The van der Waals surface area contributed by atoms with Gasteiger partial charge in [0.1, 0.15) is 22.8 Å². The molecule has 2 rings (SSSR count). The van der Waals surface area contributed by atoms with E-state index in [1.165, 1.54) is 18.2 Å². The molecule has 3 N–H and O–H groups in total. The number of hydrogen-bond donors (Lipinski definition) is 3. The number of nitrogens with one attached hydrogen (secondary N) is 1. The van der Waals surface area contributed by atoms with Crippen LogP contribution >= 0.6 is 0 Å². The van der Waals surface area contributed by atoms with Crippen LogP contribution in [-0.2, 0) is 0 Å². The highest BCUT2D eigenvalue weighted by molar-refractivity contribution is 5.99. The summed E-state index contributed by atoms with van der Waals surface area (Å²) in [7, 11) is 0.